The maximum atomic E-state index is 13.6. The van der Waals surface area contributed by atoms with E-state index in [4.69, 9.17) is 9.84 Å². The summed E-state index contributed by atoms with van der Waals surface area (Å²) in [5, 5.41) is 4.71. The molecule has 2 amide bonds. The number of fused-ring (bicyclic) bond motifs is 1. The van der Waals surface area contributed by atoms with Crippen molar-refractivity contribution in [2.24, 2.45) is 0 Å². The first-order valence-corrected chi connectivity index (χ1v) is 12.7. The van der Waals surface area contributed by atoms with Crippen molar-refractivity contribution in [3.8, 4) is 5.75 Å². The lowest BCUT2D eigenvalue weighted by Gasteiger charge is -2.36. The molecule has 5 rings (SSSR count). The number of rotatable bonds is 6. The van der Waals surface area contributed by atoms with Crippen LogP contribution in [0.2, 0.25) is 0 Å². The molecule has 0 N–H and O–H groups in total. The summed E-state index contributed by atoms with van der Waals surface area (Å²) in [5.74, 6) is 0.540. The molecule has 8 nitrogen and oxygen atoms in total. The summed E-state index contributed by atoms with van der Waals surface area (Å²) in [7, 11) is 0. The summed E-state index contributed by atoms with van der Waals surface area (Å²) in [4.78, 5) is 32.8. The number of para-hydroxylation sites is 2. The van der Waals surface area contributed by atoms with Crippen LogP contribution >= 0.6 is 0 Å². The molecule has 188 valence electrons. The highest BCUT2D eigenvalue weighted by atomic mass is 16.5. The number of aromatic nitrogens is 2. The van der Waals surface area contributed by atoms with Crippen molar-refractivity contribution in [1.29, 1.82) is 0 Å². The van der Waals surface area contributed by atoms with Crippen LogP contribution in [0.5, 0.6) is 5.75 Å². The number of hydrogen-bond donors (Lipinski definition) is 0. The number of benzene rings is 2. The number of piperazine rings is 1. The summed E-state index contributed by atoms with van der Waals surface area (Å²) in [6.07, 6.45) is 0.0649. The summed E-state index contributed by atoms with van der Waals surface area (Å²) in [6, 6.07) is 19.7. The zero-order valence-electron chi connectivity index (χ0n) is 21.0. The van der Waals surface area contributed by atoms with Gasteiger partial charge in [0.15, 0.2) is 11.8 Å². The standard InChI is InChI=1S/C28H33N5O3/c1-3-33-25-14-15-32(27(34)21(2)36-23-12-8-5-9-13-23)20-24(25)26(29-33)28(35)31-18-16-30(17-19-31)22-10-6-4-7-11-22/h4-13,21H,3,14-20H2,1-2H3. The second-order valence-electron chi connectivity index (χ2n) is 9.29. The smallest absolute Gasteiger partial charge is 0.274 e. The van der Waals surface area contributed by atoms with Crippen molar-refractivity contribution in [2.75, 3.05) is 37.6 Å². The van der Waals surface area contributed by atoms with Gasteiger partial charge >= 0.3 is 0 Å². The third kappa shape index (κ3) is 4.80. The molecule has 1 unspecified atom stereocenters. The topological polar surface area (TPSA) is 70.9 Å². The Morgan fingerprint density at radius 1 is 0.917 bits per heavy atom. The Bertz CT molecular complexity index is 1200. The minimum absolute atomic E-state index is 0.0472. The molecule has 0 aliphatic carbocycles. The largest absolute Gasteiger partial charge is 0.481 e. The van der Waals surface area contributed by atoms with E-state index in [2.05, 4.69) is 17.0 Å². The number of carbonyl (C=O) groups excluding carboxylic acids is 2. The molecule has 36 heavy (non-hydrogen) atoms. The molecule has 1 atom stereocenters. The highest BCUT2D eigenvalue weighted by molar-refractivity contribution is 5.94. The van der Waals surface area contributed by atoms with Gasteiger partial charge in [0.05, 0.1) is 0 Å². The van der Waals surface area contributed by atoms with E-state index < -0.39 is 6.10 Å². The maximum absolute atomic E-state index is 13.6. The van der Waals surface area contributed by atoms with Crippen LogP contribution in [0.15, 0.2) is 60.7 Å². The fourth-order valence-electron chi connectivity index (χ4n) is 5.08. The van der Waals surface area contributed by atoms with Gasteiger partial charge in [-0.3, -0.25) is 14.3 Å². The Morgan fingerprint density at radius 2 is 1.58 bits per heavy atom. The van der Waals surface area contributed by atoms with E-state index in [1.165, 1.54) is 5.69 Å². The van der Waals surface area contributed by atoms with Gasteiger partial charge in [0, 0.05) is 69.2 Å². The SMILES string of the molecule is CCn1nc(C(=O)N2CCN(c3ccccc3)CC2)c2c1CCN(C(=O)C(C)Oc1ccccc1)C2. The zero-order chi connectivity index (χ0) is 25.1. The number of anilines is 1. The number of ether oxygens (including phenoxy) is 1. The summed E-state index contributed by atoms with van der Waals surface area (Å²) in [5.41, 5.74) is 3.59. The predicted octanol–water partition coefficient (Wildman–Crippen LogP) is 3.22. The van der Waals surface area contributed by atoms with E-state index in [9.17, 15) is 9.59 Å². The van der Waals surface area contributed by atoms with E-state index in [1.54, 1.807) is 11.8 Å². The first kappa shape index (κ1) is 23.9. The lowest BCUT2D eigenvalue weighted by molar-refractivity contribution is -0.138. The van der Waals surface area contributed by atoms with E-state index in [1.807, 2.05) is 65.0 Å². The molecule has 3 heterocycles. The average Bonchev–Trinajstić information content (AvgIpc) is 3.31. The average molecular weight is 488 g/mol. The maximum Gasteiger partial charge on any atom is 0.274 e. The van der Waals surface area contributed by atoms with Crippen molar-refractivity contribution >= 4 is 17.5 Å². The minimum Gasteiger partial charge on any atom is -0.481 e. The van der Waals surface area contributed by atoms with Crippen molar-refractivity contribution in [3.63, 3.8) is 0 Å². The Kier molecular flexibility index (Phi) is 6.93. The van der Waals surface area contributed by atoms with Gasteiger partial charge in [-0.25, -0.2) is 0 Å². The van der Waals surface area contributed by atoms with Gasteiger partial charge in [-0.05, 0) is 38.1 Å². The molecule has 2 aliphatic heterocycles. The molecule has 1 aromatic heterocycles. The summed E-state index contributed by atoms with van der Waals surface area (Å²) < 4.78 is 7.80. The Hall–Kier alpha value is -3.81. The van der Waals surface area contributed by atoms with Gasteiger partial charge in [0.25, 0.3) is 11.8 Å². The monoisotopic (exact) mass is 487 g/mol. The molecule has 8 heteroatoms. The highest BCUT2D eigenvalue weighted by Gasteiger charge is 2.34. The zero-order valence-corrected chi connectivity index (χ0v) is 21.0. The van der Waals surface area contributed by atoms with Crippen LogP contribution in [0.3, 0.4) is 0 Å². The minimum atomic E-state index is -0.611. The van der Waals surface area contributed by atoms with Gasteiger partial charge < -0.3 is 19.4 Å². The van der Waals surface area contributed by atoms with Crippen LogP contribution in [0.25, 0.3) is 0 Å². The molecule has 2 aromatic carbocycles. The Balaban J connectivity index is 1.29. The van der Waals surface area contributed by atoms with Crippen LogP contribution < -0.4 is 9.64 Å². The van der Waals surface area contributed by atoms with Crippen molar-refractivity contribution in [3.05, 3.63) is 77.6 Å². The molecule has 0 bridgehead atoms. The lowest BCUT2D eigenvalue weighted by Crippen LogP contribution is -2.49. The molecular formula is C28H33N5O3. The molecule has 2 aliphatic rings. The Morgan fingerprint density at radius 3 is 2.25 bits per heavy atom. The van der Waals surface area contributed by atoms with Gasteiger partial charge in [0.2, 0.25) is 0 Å². The number of aryl methyl sites for hydroxylation is 1. The summed E-state index contributed by atoms with van der Waals surface area (Å²) in [6.45, 7) is 8.32. The second kappa shape index (κ2) is 10.4. The molecular weight excluding hydrogens is 454 g/mol. The lowest BCUT2D eigenvalue weighted by atomic mass is 10.0. The van der Waals surface area contributed by atoms with E-state index in [-0.39, 0.29) is 11.8 Å². The van der Waals surface area contributed by atoms with E-state index in [0.717, 1.165) is 24.3 Å². The fourth-order valence-corrected chi connectivity index (χ4v) is 5.08. The van der Waals surface area contributed by atoms with Gasteiger partial charge in [-0.1, -0.05) is 36.4 Å². The van der Waals surface area contributed by atoms with E-state index >= 15 is 0 Å². The number of amides is 2. The molecule has 0 radical (unpaired) electrons. The van der Waals surface area contributed by atoms with E-state index in [0.29, 0.717) is 50.6 Å². The number of hydrogen-bond acceptors (Lipinski definition) is 5. The van der Waals surface area contributed by atoms with Crippen LogP contribution in [0.4, 0.5) is 5.69 Å². The Labute approximate surface area is 212 Å². The molecule has 1 fully saturated rings. The van der Waals surface area contributed by atoms with Crippen LogP contribution in [0, 0.1) is 0 Å². The predicted molar refractivity (Wildman–Crippen MR) is 138 cm³/mol. The van der Waals surface area contributed by atoms with Gasteiger partial charge in [0.1, 0.15) is 5.75 Å². The number of carbonyl (C=O) groups is 2. The first-order valence-electron chi connectivity index (χ1n) is 12.7. The van der Waals surface area contributed by atoms with Crippen molar-refractivity contribution < 1.29 is 14.3 Å². The number of nitrogens with zero attached hydrogens (tertiary/aromatic N) is 5. The second-order valence-corrected chi connectivity index (χ2v) is 9.29. The summed E-state index contributed by atoms with van der Waals surface area (Å²) >= 11 is 0. The van der Waals surface area contributed by atoms with Crippen LogP contribution in [0.1, 0.15) is 35.6 Å². The molecule has 1 saturated heterocycles. The van der Waals surface area contributed by atoms with Crippen molar-refractivity contribution in [1.82, 2.24) is 19.6 Å². The van der Waals surface area contributed by atoms with Gasteiger partial charge in [-0.2, -0.15) is 5.10 Å². The molecule has 3 aromatic rings. The van der Waals surface area contributed by atoms with Crippen LogP contribution in [-0.2, 0) is 24.3 Å². The quantitative estimate of drug-likeness (QED) is 0.534. The highest BCUT2D eigenvalue weighted by Crippen LogP contribution is 2.26. The van der Waals surface area contributed by atoms with Gasteiger partial charge in [-0.15, -0.1) is 0 Å². The normalized spacial score (nSPS) is 16.4. The first-order chi connectivity index (χ1) is 17.5. The van der Waals surface area contributed by atoms with Crippen LogP contribution in [-0.4, -0.2) is 70.2 Å². The third-order valence-corrected chi connectivity index (χ3v) is 7.04. The molecule has 0 spiro atoms. The molecule has 0 saturated carbocycles. The third-order valence-electron chi connectivity index (χ3n) is 7.04. The fraction of sp³-hybridized carbons (Fsp3) is 0.393. The van der Waals surface area contributed by atoms with Crippen molar-refractivity contribution in [2.45, 2.75) is 39.5 Å².